The van der Waals surface area contributed by atoms with E-state index in [0.29, 0.717) is 37.2 Å². The Morgan fingerprint density at radius 3 is 2.75 bits per heavy atom. The first-order valence-electron chi connectivity index (χ1n) is 6.47. The molecular weight excluding hydrogens is 324 g/mol. The largest absolute Gasteiger partial charge is 0.381 e. The molecule has 1 saturated heterocycles. The Labute approximate surface area is 124 Å². The second-order valence-electron chi connectivity index (χ2n) is 4.88. The van der Waals surface area contributed by atoms with Crippen molar-refractivity contribution in [1.29, 1.82) is 0 Å². The van der Waals surface area contributed by atoms with Crippen LogP contribution in [-0.4, -0.2) is 34.9 Å². The van der Waals surface area contributed by atoms with Crippen molar-refractivity contribution in [2.75, 3.05) is 19.8 Å². The van der Waals surface area contributed by atoms with E-state index in [2.05, 4.69) is 31.1 Å². The maximum atomic E-state index is 5.93. The predicted molar refractivity (Wildman–Crippen MR) is 76.0 cm³/mol. The van der Waals surface area contributed by atoms with Crippen LogP contribution in [-0.2, 0) is 10.2 Å². The normalized spacial score (nSPS) is 18.1. The highest BCUT2D eigenvalue weighted by atomic mass is 79.9. The third kappa shape index (κ3) is 2.48. The van der Waals surface area contributed by atoms with Crippen molar-refractivity contribution < 1.29 is 9.26 Å². The number of halogens is 1. The van der Waals surface area contributed by atoms with Gasteiger partial charge in [-0.2, -0.15) is 4.98 Å². The lowest BCUT2D eigenvalue weighted by atomic mass is 9.80. The molecule has 6 nitrogen and oxygen atoms in total. The average molecular weight is 339 g/mol. The van der Waals surface area contributed by atoms with E-state index in [-0.39, 0.29) is 5.41 Å². The van der Waals surface area contributed by atoms with Gasteiger partial charge in [-0.3, -0.25) is 4.98 Å². The molecule has 3 rings (SSSR count). The summed E-state index contributed by atoms with van der Waals surface area (Å²) >= 11 is 3.35. The van der Waals surface area contributed by atoms with Gasteiger partial charge in [0.15, 0.2) is 0 Å². The summed E-state index contributed by atoms with van der Waals surface area (Å²) in [6.07, 6.45) is 3.32. The number of hydrogen-bond donors (Lipinski definition) is 1. The molecule has 1 fully saturated rings. The summed E-state index contributed by atoms with van der Waals surface area (Å²) in [5.74, 6) is 1.08. The molecule has 2 aromatic heterocycles. The van der Waals surface area contributed by atoms with Gasteiger partial charge in [0.25, 0.3) is 0 Å². The van der Waals surface area contributed by atoms with Crippen molar-refractivity contribution in [2.24, 2.45) is 5.73 Å². The summed E-state index contributed by atoms with van der Waals surface area (Å²) in [4.78, 5) is 8.75. The lowest BCUT2D eigenvalue weighted by Crippen LogP contribution is -2.40. The third-order valence-corrected chi connectivity index (χ3v) is 4.15. The van der Waals surface area contributed by atoms with Crippen molar-refractivity contribution in [3.63, 3.8) is 0 Å². The molecule has 0 bridgehead atoms. The molecule has 0 unspecified atom stereocenters. The minimum absolute atomic E-state index is 0.265. The summed E-state index contributed by atoms with van der Waals surface area (Å²) in [5, 5.41) is 4.02. The highest BCUT2D eigenvalue weighted by Gasteiger charge is 2.38. The summed E-state index contributed by atoms with van der Waals surface area (Å²) in [7, 11) is 0. The Balaban J connectivity index is 1.91. The van der Waals surface area contributed by atoms with Gasteiger partial charge in [0.2, 0.25) is 11.7 Å². The van der Waals surface area contributed by atoms with E-state index in [1.807, 2.05) is 12.1 Å². The molecule has 0 aliphatic carbocycles. The number of nitrogens with two attached hydrogens (primary N) is 1. The van der Waals surface area contributed by atoms with E-state index >= 15 is 0 Å². The molecule has 0 radical (unpaired) electrons. The maximum Gasteiger partial charge on any atom is 0.234 e. The summed E-state index contributed by atoms with van der Waals surface area (Å²) < 4.78 is 11.7. The van der Waals surface area contributed by atoms with E-state index in [9.17, 15) is 0 Å². The molecule has 0 aromatic carbocycles. The van der Waals surface area contributed by atoms with E-state index in [1.165, 1.54) is 0 Å². The van der Waals surface area contributed by atoms with Crippen LogP contribution in [0.5, 0.6) is 0 Å². The van der Waals surface area contributed by atoms with Gasteiger partial charge in [-0.05, 0) is 40.9 Å². The lowest BCUT2D eigenvalue weighted by molar-refractivity contribution is 0.0409. The fourth-order valence-electron chi connectivity index (χ4n) is 2.32. The summed E-state index contributed by atoms with van der Waals surface area (Å²) in [6.45, 7) is 1.82. The summed E-state index contributed by atoms with van der Waals surface area (Å²) in [6, 6.07) is 3.74. The number of pyridine rings is 1. The van der Waals surface area contributed by atoms with Crippen molar-refractivity contribution in [2.45, 2.75) is 18.3 Å². The standard InChI is InChI=1S/C13H15BrN4O2/c14-9-1-2-10(16-7-9)11-17-12(20-18-11)13(8-15)3-5-19-6-4-13/h1-2,7H,3-6,8,15H2. The van der Waals surface area contributed by atoms with E-state index in [0.717, 1.165) is 17.3 Å². The Hall–Kier alpha value is -1.31. The SMILES string of the molecule is NCC1(c2nc(-c3ccc(Br)cn3)no2)CCOCC1. The first kappa shape index (κ1) is 13.7. The minimum Gasteiger partial charge on any atom is -0.381 e. The van der Waals surface area contributed by atoms with Crippen molar-refractivity contribution in [3.05, 3.63) is 28.7 Å². The Morgan fingerprint density at radius 1 is 1.30 bits per heavy atom. The van der Waals surface area contributed by atoms with Gasteiger partial charge in [0.1, 0.15) is 5.69 Å². The van der Waals surface area contributed by atoms with Gasteiger partial charge in [-0.15, -0.1) is 0 Å². The van der Waals surface area contributed by atoms with Gasteiger partial charge in [0, 0.05) is 30.4 Å². The van der Waals surface area contributed by atoms with Gasteiger partial charge in [-0.1, -0.05) is 5.16 Å². The first-order valence-corrected chi connectivity index (χ1v) is 7.27. The van der Waals surface area contributed by atoms with Crippen LogP contribution in [0.2, 0.25) is 0 Å². The monoisotopic (exact) mass is 338 g/mol. The predicted octanol–water partition coefficient (Wildman–Crippen LogP) is 1.90. The fourth-order valence-corrected chi connectivity index (χ4v) is 2.55. The van der Waals surface area contributed by atoms with Crippen molar-refractivity contribution >= 4 is 15.9 Å². The Bertz CT molecular complexity index is 578. The highest BCUT2D eigenvalue weighted by Crippen LogP contribution is 2.33. The maximum absolute atomic E-state index is 5.93. The third-order valence-electron chi connectivity index (χ3n) is 3.68. The zero-order valence-corrected chi connectivity index (χ0v) is 12.5. The highest BCUT2D eigenvalue weighted by molar-refractivity contribution is 9.10. The van der Waals surface area contributed by atoms with Gasteiger partial charge >= 0.3 is 0 Å². The van der Waals surface area contributed by atoms with Gasteiger partial charge < -0.3 is 15.0 Å². The van der Waals surface area contributed by atoms with E-state index in [1.54, 1.807) is 6.20 Å². The second-order valence-corrected chi connectivity index (χ2v) is 5.80. The molecule has 3 heterocycles. The lowest BCUT2D eigenvalue weighted by Gasteiger charge is -2.32. The van der Waals surface area contributed by atoms with E-state index in [4.69, 9.17) is 15.0 Å². The molecule has 1 aliphatic rings. The average Bonchev–Trinajstić information content (AvgIpc) is 2.99. The first-order chi connectivity index (χ1) is 9.73. The van der Waals surface area contributed by atoms with Gasteiger partial charge in [-0.25, -0.2) is 0 Å². The topological polar surface area (TPSA) is 87.1 Å². The van der Waals surface area contributed by atoms with Crippen LogP contribution in [0.15, 0.2) is 27.3 Å². The molecule has 2 aromatic rings. The molecule has 1 aliphatic heterocycles. The van der Waals surface area contributed by atoms with Crippen LogP contribution in [0.3, 0.4) is 0 Å². The molecular formula is C13H15BrN4O2. The van der Waals surface area contributed by atoms with Crippen molar-refractivity contribution in [3.8, 4) is 11.5 Å². The quantitative estimate of drug-likeness (QED) is 0.919. The Kier molecular flexibility index (Phi) is 3.82. The number of aromatic nitrogens is 3. The summed E-state index contributed by atoms with van der Waals surface area (Å²) in [5.41, 5.74) is 6.35. The second kappa shape index (κ2) is 5.59. The zero-order valence-electron chi connectivity index (χ0n) is 10.9. The van der Waals surface area contributed by atoms with E-state index < -0.39 is 0 Å². The molecule has 106 valence electrons. The molecule has 0 saturated carbocycles. The number of rotatable bonds is 3. The van der Waals surface area contributed by atoms with Crippen LogP contribution >= 0.6 is 15.9 Å². The van der Waals surface area contributed by atoms with Crippen LogP contribution in [0.1, 0.15) is 18.7 Å². The molecule has 0 amide bonds. The zero-order chi connectivity index (χ0) is 14.0. The van der Waals surface area contributed by atoms with Crippen molar-refractivity contribution in [1.82, 2.24) is 15.1 Å². The Morgan fingerprint density at radius 2 is 2.10 bits per heavy atom. The van der Waals surface area contributed by atoms with Crippen LogP contribution < -0.4 is 5.73 Å². The van der Waals surface area contributed by atoms with Crippen LogP contribution in [0.25, 0.3) is 11.5 Å². The molecule has 7 heteroatoms. The minimum atomic E-state index is -0.265. The van der Waals surface area contributed by atoms with Gasteiger partial charge in [0.05, 0.1) is 5.41 Å². The number of ether oxygens (including phenoxy) is 1. The molecule has 2 N–H and O–H groups in total. The number of hydrogen-bond acceptors (Lipinski definition) is 6. The smallest absolute Gasteiger partial charge is 0.234 e. The fraction of sp³-hybridized carbons (Fsp3) is 0.462. The molecule has 20 heavy (non-hydrogen) atoms. The molecule has 0 atom stereocenters. The van der Waals surface area contributed by atoms with Crippen LogP contribution in [0.4, 0.5) is 0 Å². The number of nitrogens with zero attached hydrogens (tertiary/aromatic N) is 3. The molecule has 0 spiro atoms. The van der Waals surface area contributed by atoms with Crippen LogP contribution in [0, 0.1) is 0 Å².